The van der Waals surface area contributed by atoms with Gasteiger partial charge in [0.1, 0.15) is 6.29 Å². The minimum Gasteiger partial charge on any atom is -0.468 e. The van der Waals surface area contributed by atoms with Crippen molar-refractivity contribution in [2.24, 2.45) is 17.3 Å². The summed E-state index contributed by atoms with van der Waals surface area (Å²) in [4.78, 5) is 22.3. The fourth-order valence-corrected chi connectivity index (χ4v) is 2.52. The van der Waals surface area contributed by atoms with Gasteiger partial charge in [0.2, 0.25) is 0 Å². The van der Waals surface area contributed by atoms with Gasteiger partial charge in [-0.05, 0) is 18.8 Å². The van der Waals surface area contributed by atoms with Crippen molar-refractivity contribution in [1.29, 1.82) is 0 Å². The number of esters is 1. The third kappa shape index (κ3) is 0.961. The van der Waals surface area contributed by atoms with E-state index in [4.69, 9.17) is 4.74 Å². The second-order valence-corrected chi connectivity index (χ2v) is 3.83. The van der Waals surface area contributed by atoms with Gasteiger partial charge < -0.3 is 9.53 Å². The zero-order valence-corrected chi connectivity index (χ0v) is 7.53. The highest BCUT2D eigenvalue weighted by molar-refractivity contribution is 5.85. The maximum absolute atomic E-state index is 11.5. The van der Waals surface area contributed by atoms with Crippen LogP contribution in [0.2, 0.25) is 0 Å². The Morgan fingerprint density at radius 1 is 1.69 bits per heavy atom. The maximum Gasteiger partial charge on any atom is 0.316 e. The lowest BCUT2D eigenvalue weighted by Gasteiger charge is -2.25. The fraction of sp³-hybridized carbons (Fsp3) is 0.600. The summed E-state index contributed by atoms with van der Waals surface area (Å²) in [6, 6.07) is 0. The van der Waals surface area contributed by atoms with Crippen LogP contribution in [0, 0.1) is 17.3 Å². The summed E-state index contributed by atoms with van der Waals surface area (Å²) in [6.07, 6.45) is 6.32. The summed E-state index contributed by atoms with van der Waals surface area (Å²) in [5.74, 6) is -0.0369. The molecule has 0 aromatic heterocycles. The van der Waals surface area contributed by atoms with E-state index in [1.807, 2.05) is 12.2 Å². The van der Waals surface area contributed by atoms with E-state index in [2.05, 4.69) is 0 Å². The molecule has 0 spiro atoms. The van der Waals surface area contributed by atoms with E-state index in [0.29, 0.717) is 5.92 Å². The average Bonchev–Trinajstić information content (AvgIpc) is 2.73. The zero-order valence-electron chi connectivity index (χ0n) is 7.53. The van der Waals surface area contributed by atoms with Gasteiger partial charge in [-0.2, -0.15) is 0 Å². The Labute approximate surface area is 76.8 Å². The van der Waals surface area contributed by atoms with Crippen molar-refractivity contribution in [3.63, 3.8) is 0 Å². The Balaban J connectivity index is 2.33. The minimum absolute atomic E-state index is 0.171. The lowest BCUT2D eigenvalue weighted by atomic mass is 9.79. The van der Waals surface area contributed by atoms with Crippen LogP contribution in [0.4, 0.5) is 0 Å². The molecule has 0 aromatic rings. The van der Waals surface area contributed by atoms with Crippen LogP contribution in [0.25, 0.3) is 0 Å². The molecule has 0 radical (unpaired) electrons. The number of aldehydes is 1. The lowest BCUT2D eigenvalue weighted by Crippen LogP contribution is -2.34. The summed E-state index contributed by atoms with van der Waals surface area (Å²) < 4.78 is 4.74. The highest BCUT2D eigenvalue weighted by Crippen LogP contribution is 2.52. The van der Waals surface area contributed by atoms with Crippen LogP contribution in [0.15, 0.2) is 12.2 Å². The largest absolute Gasteiger partial charge is 0.468 e. The molecule has 2 aliphatic rings. The van der Waals surface area contributed by atoms with Gasteiger partial charge >= 0.3 is 5.97 Å². The van der Waals surface area contributed by atoms with Gasteiger partial charge in [0.25, 0.3) is 0 Å². The molecule has 2 rings (SSSR count). The first-order valence-electron chi connectivity index (χ1n) is 4.46. The second kappa shape index (κ2) is 2.69. The quantitative estimate of drug-likeness (QED) is 0.361. The van der Waals surface area contributed by atoms with Crippen LogP contribution < -0.4 is 0 Å². The van der Waals surface area contributed by atoms with Gasteiger partial charge in [-0.3, -0.25) is 4.79 Å². The highest BCUT2D eigenvalue weighted by Gasteiger charge is 2.54. The van der Waals surface area contributed by atoms with Gasteiger partial charge in [-0.25, -0.2) is 0 Å². The number of rotatable bonds is 2. The molecule has 2 bridgehead atoms. The molecule has 0 N–H and O–H groups in total. The van der Waals surface area contributed by atoms with E-state index >= 15 is 0 Å². The summed E-state index contributed by atoms with van der Waals surface area (Å²) >= 11 is 0. The molecule has 3 nitrogen and oxygen atoms in total. The predicted molar refractivity (Wildman–Crippen MR) is 45.9 cm³/mol. The summed E-state index contributed by atoms with van der Waals surface area (Å²) in [5.41, 5.74) is -0.624. The van der Waals surface area contributed by atoms with Gasteiger partial charge in [0.15, 0.2) is 0 Å². The number of methoxy groups -OCH3 is 1. The van der Waals surface area contributed by atoms with Crippen molar-refractivity contribution in [3.05, 3.63) is 12.2 Å². The van der Waals surface area contributed by atoms with Gasteiger partial charge in [0, 0.05) is 5.92 Å². The lowest BCUT2D eigenvalue weighted by molar-refractivity contribution is -0.152. The molecular formula is C10H12O3. The van der Waals surface area contributed by atoms with Crippen LogP contribution in [-0.4, -0.2) is 19.4 Å². The average molecular weight is 180 g/mol. The van der Waals surface area contributed by atoms with Crippen LogP contribution in [0.3, 0.4) is 0 Å². The molecule has 3 unspecified atom stereocenters. The van der Waals surface area contributed by atoms with E-state index < -0.39 is 5.41 Å². The number of carbonyl (C=O) groups is 2. The fourth-order valence-electron chi connectivity index (χ4n) is 2.52. The standard InChI is InChI=1S/C10H12O3/c1-13-9(12)10-3-2-7(5-10)4-8(10)6-11/h2-3,6-8H,4-5H2,1H3. The van der Waals surface area contributed by atoms with Crippen molar-refractivity contribution in [2.75, 3.05) is 7.11 Å². The third-order valence-corrected chi connectivity index (χ3v) is 3.21. The number of carbonyl (C=O) groups excluding carboxylic acids is 2. The highest BCUT2D eigenvalue weighted by atomic mass is 16.5. The molecule has 13 heavy (non-hydrogen) atoms. The van der Waals surface area contributed by atoms with Crippen LogP contribution in [0.5, 0.6) is 0 Å². The molecular weight excluding hydrogens is 168 g/mol. The van der Waals surface area contributed by atoms with E-state index in [9.17, 15) is 9.59 Å². The molecule has 0 saturated heterocycles. The molecule has 3 heteroatoms. The Kier molecular flexibility index (Phi) is 1.75. The molecule has 0 heterocycles. The molecule has 0 amide bonds. The smallest absolute Gasteiger partial charge is 0.316 e. The van der Waals surface area contributed by atoms with Gasteiger partial charge in [-0.15, -0.1) is 0 Å². The number of ether oxygens (including phenoxy) is 1. The predicted octanol–water partition coefficient (Wildman–Crippen LogP) is 0.941. The van der Waals surface area contributed by atoms with E-state index in [0.717, 1.165) is 19.1 Å². The Morgan fingerprint density at radius 2 is 2.46 bits per heavy atom. The number of hydrogen-bond donors (Lipinski definition) is 0. The Hall–Kier alpha value is -1.12. The van der Waals surface area contributed by atoms with Crippen molar-refractivity contribution in [2.45, 2.75) is 12.8 Å². The molecule has 3 atom stereocenters. The third-order valence-electron chi connectivity index (χ3n) is 3.21. The number of fused-ring (bicyclic) bond motifs is 2. The van der Waals surface area contributed by atoms with Crippen LogP contribution in [0.1, 0.15) is 12.8 Å². The first-order chi connectivity index (χ1) is 6.23. The normalized spacial score (nSPS) is 40.7. The first kappa shape index (κ1) is 8.48. The number of allylic oxidation sites excluding steroid dienone is 1. The second-order valence-electron chi connectivity index (χ2n) is 3.83. The molecule has 1 saturated carbocycles. The molecule has 2 aliphatic carbocycles. The van der Waals surface area contributed by atoms with E-state index in [-0.39, 0.29) is 11.9 Å². The monoisotopic (exact) mass is 180 g/mol. The SMILES string of the molecule is COC(=O)C12C=CC(CC1C=O)C2. The topological polar surface area (TPSA) is 43.4 Å². The number of hydrogen-bond acceptors (Lipinski definition) is 3. The van der Waals surface area contributed by atoms with Gasteiger partial charge in [0.05, 0.1) is 12.5 Å². The summed E-state index contributed by atoms with van der Waals surface area (Å²) in [6.45, 7) is 0. The zero-order chi connectivity index (χ0) is 9.47. The van der Waals surface area contributed by atoms with Crippen LogP contribution in [-0.2, 0) is 14.3 Å². The minimum atomic E-state index is -0.624. The first-order valence-corrected chi connectivity index (χ1v) is 4.46. The van der Waals surface area contributed by atoms with Crippen molar-refractivity contribution < 1.29 is 14.3 Å². The molecule has 0 aromatic carbocycles. The van der Waals surface area contributed by atoms with Crippen LogP contribution >= 0.6 is 0 Å². The van der Waals surface area contributed by atoms with Crippen molar-refractivity contribution in [3.8, 4) is 0 Å². The van der Waals surface area contributed by atoms with Crippen molar-refractivity contribution >= 4 is 12.3 Å². The molecule has 0 aliphatic heterocycles. The van der Waals surface area contributed by atoms with E-state index in [1.165, 1.54) is 7.11 Å². The summed E-state index contributed by atoms with van der Waals surface area (Å²) in [5, 5.41) is 0. The molecule has 70 valence electrons. The Bertz CT molecular complexity index is 282. The van der Waals surface area contributed by atoms with Crippen molar-refractivity contribution in [1.82, 2.24) is 0 Å². The Morgan fingerprint density at radius 3 is 3.00 bits per heavy atom. The van der Waals surface area contributed by atoms with Gasteiger partial charge in [-0.1, -0.05) is 12.2 Å². The molecule has 1 fully saturated rings. The van der Waals surface area contributed by atoms with E-state index in [1.54, 1.807) is 0 Å². The summed E-state index contributed by atoms with van der Waals surface area (Å²) in [7, 11) is 1.37. The maximum atomic E-state index is 11.5.